The van der Waals surface area contributed by atoms with Crippen LogP contribution in [0.1, 0.15) is 36.1 Å². The third-order valence-corrected chi connectivity index (χ3v) is 11.4. The average Bonchev–Trinajstić information content (AvgIpc) is 3.76. The number of fused-ring (bicyclic) bond motifs is 8. The Morgan fingerprint density at radius 2 is 1.34 bits per heavy atom. The predicted molar refractivity (Wildman–Crippen MR) is 213 cm³/mol. The van der Waals surface area contributed by atoms with E-state index in [4.69, 9.17) is 40.1 Å². The zero-order valence-corrected chi connectivity index (χ0v) is 33.3. The van der Waals surface area contributed by atoms with Crippen molar-refractivity contribution in [1.29, 1.82) is 0 Å². The molecule has 4 N–H and O–H groups in total. The van der Waals surface area contributed by atoms with E-state index in [9.17, 15) is 4.39 Å². The normalized spacial score (nSPS) is 22.1. The molecule has 2 atom stereocenters. The number of anilines is 1. The van der Waals surface area contributed by atoms with Crippen LogP contribution in [-0.2, 0) is 25.3 Å². The van der Waals surface area contributed by atoms with E-state index < -0.39 is 22.7 Å². The van der Waals surface area contributed by atoms with E-state index >= 15 is 4.39 Å². The van der Waals surface area contributed by atoms with E-state index in [1.54, 1.807) is 24.5 Å². The molecule has 56 heavy (non-hydrogen) atoms. The van der Waals surface area contributed by atoms with Crippen LogP contribution in [0.15, 0.2) is 104 Å². The van der Waals surface area contributed by atoms with Gasteiger partial charge in [0, 0.05) is 74.0 Å². The van der Waals surface area contributed by atoms with Crippen LogP contribution in [-0.4, -0.2) is 55.5 Å². The molecule has 2 spiro atoms. The van der Waals surface area contributed by atoms with Crippen LogP contribution >= 0.6 is 31.9 Å². The quantitative estimate of drug-likeness (QED) is 0.180. The molecule has 10 rings (SSSR count). The van der Waals surface area contributed by atoms with E-state index in [-0.39, 0.29) is 42.4 Å². The van der Waals surface area contributed by atoms with Gasteiger partial charge in [-0.05, 0) is 74.0 Å². The van der Waals surface area contributed by atoms with Crippen LogP contribution in [0.25, 0.3) is 11.1 Å². The third-order valence-electron chi connectivity index (χ3n) is 10.4. The highest BCUT2D eigenvalue weighted by atomic mass is 79.9. The number of aliphatic imine (C=N–C) groups is 2. The molecule has 15 heteroatoms. The van der Waals surface area contributed by atoms with Gasteiger partial charge in [-0.25, -0.2) is 18.8 Å². The van der Waals surface area contributed by atoms with Gasteiger partial charge in [0.1, 0.15) is 24.7 Å². The highest BCUT2D eigenvalue weighted by Gasteiger charge is 2.50. The lowest BCUT2D eigenvalue weighted by atomic mass is 9.80. The number of hydrogen-bond donors (Lipinski definition) is 2. The van der Waals surface area contributed by atoms with E-state index in [0.29, 0.717) is 46.8 Å². The first-order chi connectivity index (χ1) is 26.8. The molecule has 286 valence electrons. The molecule has 0 aliphatic carbocycles. The topological polar surface area (TPSA) is 139 Å². The zero-order valence-electron chi connectivity index (χ0n) is 30.1. The second-order valence-electron chi connectivity index (χ2n) is 14.6. The maximum Gasteiger partial charge on any atom is 0.283 e. The van der Waals surface area contributed by atoms with Crippen molar-refractivity contribution in [2.24, 2.45) is 21.5 Å². The van der Waals surface area contributed by atoms with Crippen molar-refractivity contribution in [1.82, 2.24) is 4.98 Å². The lowest BCUT2D eigenvalue weighted by Gasteiger charge is -2.40. The van der Waals surface area contributed by atoms with Crippen molar-refractivity contribution in [3.05, 3.63) is 128 Å². The molecule has 6 heterocycles. The van der Waals surface area contributed by atoms with Gasteiger partial charge in [0.25, 0.3) is 12.0 Å². The number of benzene rings is 4. The molecule has 5 aliphatic heterocycles. The Bertz CT molecular complexity index is 2490. The summed E-state index contributed by atoms with van der Waals surface area (Å²) in [5, 5.41) is 0. The standard InChI is InChI=1S/C26H25FN4O3.C15H9Br2FN2O2/c1-25(2)14-31(8-9-33-25)18-11-20-23(21(27)12-18)34-22-6-5-16(17-4-3-7-29-13-17)10-19(22)26(20)15-32-24(28)30-26;16-7-1-2-12-9(3-7)15(6-21-14(19)20-15)10-4-8(17)5-11(18)13(10)22-12/h3-7,10-13H,8-9,14-15H2,1-2H3,(H2,28,30);1-5H,6H2,(H2,19,20)/t26-;15-/m00/s1. The lowest BCUT2D eigenvalue weighted by molar-refractivity contribution is -0.0277. The summed E-state index contributed by atoms with van der Waals surface area (Å²) >= 11 is 6.76. The molecule has 11 nitrogen and oxygen atoms in total. The van der Waals surface area contributed by atoms with Crippen LogP contribution in [0.2, 0.25) is 0 Å². The molecule has 4 aromatic carbocycles. The van der Waals surface area contributed by atoms with E-state index in [1.165, 1.54) is 12.1 Å². The maximum absolute atomic E-state index is 15.5. The second kappa shape index (κ2) is 13.5. The number of halogens is 4. The monoisotopic (exact) mass is 886 g/mol. The summed E-state index contributed by atoms with van der Waals surface area (Å²) in [6, 6.07) is 21.9. The molecule has 5 aliphatic rings. The molecule has 1 fully saturated rings. The molecular formula is C41H34Br2F2N6O5. The average molecular weight is 889 g/mol. The Hall–Kier alpha value is -5.25. The van der Waals surface area contributed by atoms with Crippen LogP contribution in [0.4, 0.5) is 14.5 Å². The summed E-state index contributed by atoms with van der Waals surface area (Å²) in [5.41, 5.74) is 14.9. The van der Waals surface area contributed by atoms with E-state index in [2.05, 4.69) is 46.7 Å². The van der Waals surface area contributed by atoms with Gasteiger partial charge in [-0.15, -0.1) is 0 Å². The Labute approximate surface area is 337 Å². The minimum atomic E-state index is -1.01. The summed E-state index contributed by atoms with van der Waals surface area (Å²) in [4.78, 5) is 15.5. The summed E-state index contributed by atoms with van der Waals surface area (Å²) < 4.78 is 60.1. The van der Waals surface area contributed by atoms with Crippen molar-refractivity contribution < 1.29 is 32.5 Å². The van der Waals surface area contributed by atoms with Gasteiger partial charge in [0.2, 0.25) is 0 Å². The van der Waals surface area contributed by atoms with Crippen LogP contribution in [0.3, 0.4) is 0 Å². The summed E-state index contributed by atoms with van der Waals surface area (Å²) in [5.74, 6) is 0.470. The van der Waals surface area contributed by atoms with Gasteiger partial charge < -0.3 is 40.1 Å². The SMILES string of the molecule is CC1(C)CN(c2cc(F)c3c(c2)[C@]2(COC(N)=N2)c2cc(-c4cccnc4)ccc2O3)CCO1.NC1=N[C@@]2(CO1)c1cc(Br)ccc1Oc1c(F)cc(Br)cc12. The molecule has 0 amide bonds. The highest BCUT2D eigenvalue weighted by molar-refractivity contribution is 9.10. The first kappa shape index (κ1) is 36.4. The maximum atomic E-state index is 15.5. The van der Waals surface area contributed by atoms with Gasteiger partial charge in [0.05, 0.1) is 12.2 Å². The minimum Gasteiger partial charge on any atom is -0.462 e. The number of ether oxygens (including phenoxy) is 5. The van der Waals surface area contributed by atoms with Gasteiger partial charge in [-0.1, -0.05) is 44.0 Å². The second-order valence-corrected chi connectivity index (χ2v) is 16.4. The first-order valence-electron chi connectivity index (χ1n) is 17.7. The molecule has 0 bridgehead atoms. The Morgan fingerprint density at radius 1 is 0.714 bits per heavy atom. The fourth-order valence-electron chi connectivity index (χ4n) is 7.87. The molecular weight excluding hydrogens is 854 g/mol. The zero-order chi connectivity index (χ0) is 39.0. The number of nitrogens with two attached hydrogens (primary N) is 2. The number of rotatable bonds is 2. The minimum absolute atomic E-state index is 0.0731. The predicted octanol–water partition coefficient (Wildman–Crippen LogP) is 8.24. The van der Waals surface area contributed by atoms with Crippen molar-refractivity contribution in [3.8, 4) is 34.1 Å². The van der Waals surface area contributed by atoms with Crippen molar-refractivity contribution in [3.63, 3.8) is 0 Å². The van der Waals surface area contributed by atoms with Crippen molar-refractivity contribution in [2.45, 2.75) is 30.5 Å². The Kier molecular flexibility index (Phi) is 8.74. The molecule has 0 saturated carbocycles. The van der Waals surface area contributed by atoms with Crippen molar-refractivity contribution in [2.75, 3.05) is 37.8 Å². The van der Waals surface area contributed by atoms with Gasteiger partial charge in [0.15, 0.2) is 34.2 Å². The van der Waals surface area contributed by atoms with E-state index in [1.807, 2.05) is 62.4 Å². The van der Waals surface area contributed by atoms with E-state index in [0.717, 1.165) is 32.4 Å². The fourth-order valence-corrected chi connectivity index (χ4v) is 8.67. The molecule has 1 saturated heterocycles. The molecule has 0 radical (unpaired) electrons. The number of nitrogens with zero attached hydrogens (tertiary/aromatic N) is 4. The van der Waals surface area contributed by atoms with Crippen molar-refractivity contribution >= 4 is 49.6 Å². The number of amidine groups is 2. The summed E-state index contributed by atoms with van der Waals surface area (Å²) in [7, 11) is 0. The smallest absolute Gasteiger partial charge is 0.283 e. The molecule has 1 aromatic heterocycles. The summed E-state index contributed by atoms with van der Waals surface area (Å²) in [6.07, 6.45) is 3.53. The van der Waals surface area contributed by atoms with Gasteiger partial charge >= 0.3 is 0 Å². The van der Waals surface area contributed by atoms with Gasteiger partial charge in [-0.2, -0.15) is 0 Å². The lowest BCUT2D eigenvalue weighted by Crippen LogP contribution is -2.48. The van der Waals surface area contributed by atoms with Crippen LogP contribution in [0, 0.1) is 11.6 Å². The fraction of sp³-hybridized carbons (Fsp3) is 0.244. The Morgan fingerprint density at radius 3 is 1.96 bits per heavy atom. The summed E-state index contributed by atoms with van der Waals surface area (Å²) in [6.45, 7) is 6.31. The number of aromatic nitrogens is 1. The number of hydrogen-bond acceptors (Lipinski definition) is 11. The molecule has 0 unspecified atom stereocenters. The van der Waals surface area contributed by atoms with Gasteiger partial charge in [-0.3, -0.25) is 4.98 Å². The van der Waals surface area contributed by atoms with Crippen LogP contribution in [0.5, 0.6) is 23.0 Å². The van der Waals surface area contributed by atoms with Crippen LogP contribution < -0.4 is 25.8 Å². The number of pyridine rings is 1. The largest absolute Gasteiger partial charge is 0.462 e. The first-order valence-corrected chi connectivity index (χ1v) is 19.3. The Balaban J connectivity index is 0.000000161. The number of morpholine rings is 1. The highest BCUT2D eigenvalue weighted by Crippen LogP contribution is 2.55. The molecule has 5 aromatic rings. The third kappa shape index (κ3) is 6.12.